The fraction of sp³-hybridized carbons (Fsp3) is 0.190. The molecular formula is C63H51N21O3. The molecule has 3 amide bonds. The van der Waals surface area contributed by atoms with E-state index in [4.69, 9.17) is 33.0 Å². The molecule has 12 aromatic rings. The minimum Gasteiger partial charge on any atom is -0.398 e. The Kier molecular flexibility index (Phi) is 13.5. The van der Waals surface area contributed by atoms with Crippen LogP contribution in [0, 0.1) is 69.5 Å². The standard InChI is InChI=1S/3C21H17N7O/c3*1-28-10-17-15(7-24-9-19(17)27-28)11-2-12-5-20(25-8-16(12)18(23)4-11)26-21(29)14-3-13(14)6-22/h3*2,4-5,7-10,13-14H,3,23H2,1H3,(H,25,26,29)/t2*13-,14+;/m10./s1. The Bertz CT molecular complexity index is 4500. The second kappa shape index (κ2) is 21.7. The van der Waals surface area contributed by atoms with Gasteiger partial charge in [-0.1, -0.05) is 0 Å². The second-order valence-electron chi connectivity index (χ2n) is 22.0. The molecule has 3 aliphatic rings. The third-order valence-corrected chi connectivity index (χ3v) is 15.8. The van der Waals surface area contributed by atoms with Crippen LogP contribution in [0.25, 0.3) is 98.4 Å². The first-order valence-corrected chi connectivity index (χ1v) is 27.6. The van der Waals surface area contributed by atoms with Crippen molar-refractivity contribution in [3.05, 3.63) is 129 Å². The number of rotatable bonds is 9. The Hall–Kier alpha value is -12.0. The molecule has 24 heteroatoms. The highest BCUT2D eigenvalue weighted by Gasteiger charge is 2.45. The zero-order chi connectivity index (χ0) is 60.4. The van der Waals surface area contributed by atoms with Crippen molar-refractivity contribution in [1.82, 2.24) is 59.2 Å². The number of anilines is 6. The smallest absolute Gasteiger partial charge is 0.230 e. The molecule has 3 aliphatic carbocycles. The highest BCUT2D eigenvalue weighted by molar-refractivity contribution is 6.06. The molecule has 426 valence electrons. The fourth-order valence-electron chi connectivity index (χ4n) is 10.9. The van der Waals surface area contributed by atoms with Crippen LogP contribution in [0.2, 0.25) is 0 Å². The number of nitrogens with one attached hydrogen (secondary N) is 3. The van der Waals surface area contributed by atoms with Crippen LogP contribution in [0.3, 0.4) is 0 Å². The van der Waals surface area contributed by atoms with Gasteiger partial charge in [0.15, 0.2) is 0 Å². The van der Waals surface area contributed by atoms with Gasteiger partial charge >= 0.3 is 0 Å². The first kappa shape index (κ1) is 54.3. The quantitative estimate of drug-likeness (QED) is 0.0736. The molecular weight excluding hydrogens is 1100 g/mol. The van der Waals surface area contributed by atoms with E-state index in [1.54, 1.807) is 88.0 Å². The zero-order valence-electron chi connectivity index (χ0n) is 46.9. The van der Waals surface area contributed by atoms with Gasteiger partial charge in [-0.2, -0.15) is 31.1 Å². The molecule has 9 heterocycles. The molecule has 3 saturated carbocycles. The summed E-state index contributed by atoms with van der Waals surface area (Å²) in [4.78, 5) is 62.5. The molecule has 6 atom stereocenters. The van der Waals surface area contributed by atoms with Gasteiger partial charge in [0.05, 0.1) is 72.3 Å². The van der Waals surface area contributed by atoms with Crippen LogP contribution >= 0.6 is 0 Å². The van der Waals surface area contributed by atoms with Crippen LogP contribution in [0.1, 0.15) is 19.3 Å². The Balaban J connectivity index is 0.000000121. The van der Waals surface area contributed by atoms with Gasteiger partial charge in [0, 0.05) is 143 Å². The number of nitriles is 3. The largest absolute Gasteiger partial charge is 0.398 e. The van der Waals surface area contributed by atoms with Gasteiger partial charge in [-0.15, -0.1) is 0 Å². The van der Waals surface area contributed by atoms with Crippen molar-refractivity contribution < 1.29 is 14.4 Å². The number of nitrogens with two attached hydrogens (primary N) is 3. The van der Waals surface area contributed by atoms with E-state index < -0.39 is 0 Å². The molecule has 0 saturated heterocycles. The Morgan fingerprint density at radius 3 is 0.977 bits per heavy atom. The predicted octanol–water partition coefficient (Wildman–Crippen LogP) is 8.59. The molecule has 87 heavy (non-hydrogen) atoms. The number of aryl methyl sites for hydroxylation is 3. The summed E-state index contributed by atoms with van der Waals surface area (Å²) in [5.41, 5.74) is 28.6. The molecule has 0 aliphatic heterocycles. The fourth-order valence-corrected chi connectivity index (χ4v) is 10.9. The summed E-state index contributed by atoms with van der Waals surface area (Å²) < 4.78 is 5.26. The minimum atomic E-state index is -0.247. The van der Waals surface area contributed by atoms with Gasteiger partial charge in [0.1, 0.15) is 34.0 Å². The van der Waals surface area contributed by atoms with Gasteiger partial charge in [0.2, 0.25) is 17.7 Å². The number of pyridine rings is 6. The van der Waals surface area contributed by atoms with Crippen molar-refractivity contribution in [2.45, 2.75) is 19.3 Å². The van der Waals surface area contributed by atoms with Crippen LogP contribution in [0.15, 0.2) is 129 Å². The van der Waals surface area contributed by atoms with Crippen LogP contribution in [-0.4, -0.2) is 77.0 Å². The second-order valence-corrected chi connectivity index (χ2v) is 22.0. The summed E-state index contributed by atoms with van der Waals surface area (Å²) in [5.74, 6) is -0.485. The number of aromatic nitrogens is 12. The lowest BCUT2D eigenvalue weighted by Crippen LogP contribution is -2.15. The van der Waals surface area contributed by atoms with E-state index in [0.29, 0.717) is 53.8 Å². The highest BCUT2D eigenvalue weighted by atomic mass is 16.2. The number of carbonyl (C=O) groups excluding carboxylic acids is 3. The number of carbonyl (C=O) groups is 3. The molecule has 3 aromatic carbocycles. The first-order chi connectivity index (χ1) is 42.1. The third kappa shape index (κ3) is 10.7. The molecule has 0 radical (unpaired) electrons. The number of hydrogen-bond donors (Lipinski definition) is 6. The lowest BCUT2D eigenvalue weighted by atomic mass is 10.00. The van der Waals surface area contributed by atoms with Crippen molar-refractivity contribution >= 4 is 117 Å². The lowest BCUT2D eigenvalue weighted by Gasteiger charge is -2.10. The zero-order valence-corrected chi connectivity index (χ0v) is 46.9. The predicted molar refractivity (Wildman–Crippen MR) is 328 cm³/mol. The van der Waals surface area contributed by atoms with Gasteiger partial charge in [0.25, 0.3) is 0 Å². The van der Waals surface area contributed by atoms with Crippen molar-refractivity contribution in [3.63, 3.8) is 0 Å². The third-order valence-electron chi connectivity index (χ3n) is 15.8. The van der Waals surface area contributed by atoms with Crippen molar-refractivity contribution in [2.24, 2.45) is 56.7 Å². The number of hydrogen-bond acceptors (Lipinski definition) is 18. The average molecular weight is 1150 g/mol. The van der Waals surface area contributed by atoms with Crippen LogP contribution in [0.5, 0.6) is 0 Å². The van der Waals surface area contributed by atoms with Crippen molar-refractivity contribution in [2.75, 3.05) is 33.2 Å². The van der Waals surface area contributed by atoms with E-state index in [0.717, 1.165) is 98.4 Å². The number of nitrogens with zero attached hydrogens (tertiary/aromatic N) is 15. The van der Waals surface area contributed by atoms with Gasteiger partial charge in [-0.05, 0) is 107 Å². The summed E-state index contributed by atoms with van der Waals surface area (Å²) in [7, 11) is 5.61. The molecule has 2 unspecified atom stereocenters. The summed E-state index contributed by atoms with van der Waals surface area (Å²) in [6, 6.07) is 23.5. The molecule has 9 aromatic heterocycles. The maximum atomic E-state index is 12.2. The van der Waals surface area contributed by atoms with Crippen LogP contribution < -0.4 is 33.2 Å². The minimum absolute atomic E-state index is 0.170. The summed E-state index contributed by atoms with van der Waals surface area (Å²) >= 11 is 0. The maximum absolute atomic E-state index is 12.2. The average Bonchev–Trinajstić information content (AvgIpc) is 1.97. The van der Waals surface area contributed by atoms with Gasteiger partial charge < -0.3 is 33.2 Å². The molecule has 0 spiro atoms. The Morgan fingerprint density at radius 1 is 0.425 bits per heavy atom. The van der Waals surface area contributed by atoms with Crippen molar-refractivity contribution in [1.29, 1.82) is 15.8 Å². The lowest BCUT2D eigenvalue weighted by molar-refractivity contribution is -0.118. The molecule has 9 N–H and O–H groups in total. The van der Waals surface area contributed by atoms with E-state index in [-0.39, 0.29) is 53.2 Å². The topological polar surface area (TPSA) is 368 Å². The maximum Gasteiger partial charge on any atom is 0.230 e. The molecule has 24 nitrogen and oxygen atoms in total. The van der Waals surface area contributed by atoms with Crippen molar-refractivity contribution in [3.8, 4) is 51.6 Å². The van der Waals surface area contributed by atoms with Gasteiger partial charge in [-0.25, -0.2) is 15.0 Å². The number of amides is 3. The number of fused-ring (bicyclic) bond motifs is 6. The Morgan fingerprint density at radius 2 is 0.713 bits per heavy atom. The molecule has 0 bridgehead atoms. The van der Waals surface area contributed by atoms with Crippen LogP contribution in [0.4, 0.5) is 34.5 Å². The van der Waals surface area contributed by atoms with E-state index in [2.05, 4.69) is 79.4 Å². The Labute approximate surface area is 494 Å². The molecule has 15 rings (SSSR count). The number of benzene rings is 3. The molecule has 3 fully saturated rings. The van der Waals surface area contributed by atoms with E-state index in [9.17, 15) is 14.4 Å². The summed E-state index contributed by atoms with van der Waals surface area (Å²) in [6.45, 7) is 0. The first-order valence-electron chi connectivity index (χ1n) is 27.6. The summed E-state index contributed by atoms with van der Waals surface area (Å²) in [6.07, 6.45) is 23.2. The number of nitrogen functional groups attached to an aromatic ring is 3. The van der Waals surface area contributed by atoms with E-state index in [1.807, 2.05) is 76.1 Å². The summed E-state index contributed by atoms with van der Waals surface area (Å²) in [5, 5.41) is 56.3. The van der Waals surface area contributed by atoms with Crippen LogP contribution in [-0.2, 0) is 35.5 Å². The van der Waals surface area contributed by atoms with Gasteiger partial charge in [-0.3, -0.25) is 43.4 Å². The SMILES string of the molecule is Cn1cc2c(-c3cc(N)c4cnc(NC(=O)C5CC5C#N)cc4c3)cncc2n1.Cn1cc2c(-c3cc(N)c4cnc(NC(=O)[C@@H]5C[C@H]5C#N)cc4c3)cncc2n1.Cn1cc2c(-c3cc(N)c4cnc(NC(=O)[C@H]5C[C@@H]5C#N)cc4c3)cncc2n1. The normalized spacial score (nSPS) is 17.9. The van der Waals surface area contributed by atoms with E-state index in [1.165, 1.54) is 0 Å². The monoisotopic (exact) mass is 1150 g/mol. The van der Waals surface area contributed by atoms with E-state index >= 15 is 0 Å². The highest BCUT2D eigenvalue weighted by Crippen LogP contribution is 2.42.